The van der Waals surface area contributed by atoms with Crippen molar-refractivity contribution in [3.05, 3.63) is 58.8 Å². The van der Waals surface area contributed by atoms with E-state index in [4.69, 9.17) is 0 Å². The van der Waals surface area contributed by atoms with E-state index in [2.05, 4.69) is 16.2 Å². The summed E-state index contributed by atoms with van der Waals surface area (Å²) in [5, 5.41) is 4.50. The smallest absolute Gasteiger partial charge is 0.307 e. The summed E-state index contributed by atoms with van der Waals surface area (Å²) < 4.78 is 0. The molecule has 1 aromatic heterocycles. The minimum atomic E-state index is -0.505. The van der Waals surface area contributed by atoms with Crippen LogP contribution < -0.4 is 16.2 Å². The van der Waals surface area contributed by atoms with Crippen LogP contribution in [0.15, 0.2) is 53.9 Å². The van der Waals surface area contributed by atoms with Crippen LogP contribution in [0, 0.1) is 0 Å². The van der Waals surface area contributed by atoms with Gasteiger partial charge in [-0.3, -0.25) is 10.2 Å². The van der Waals surface area contributed by atoms with Crippen LogP contribution in [0.1, 0.15) is 4.88 Å². The zero-order chi connectivity index (χ0) is 14.2. The molecule has 0 bridgehead atoms. The third kappa shape index (κ3) is 4.58. The number of thiophene rings is 1. The van der Waals surface area contributed by atoms with E-state index >= 15 is 0 Å². The highest BCUT2D eigenvalue weighted by atomic mass is 32.1. The summed E-state index contributed by atoms with van der Waals surface area (Å²) >= 11 is 1.52. The second-order valence-corrected chi connectivity index (χ2v) is 4.76. The third-order valence-corrected chi connectivity index (χ3v) is 3.11. The Kier molecular flexibility index (Phi) is 4.91. The highest BCUT2D eigenvalue weighted by Crippen LogP contribution is 2.09. The Bertz CT molecular complexity index is 594. The lowest BCUT2D eigenvalue weighted by molar-refractivity contribution is -0.117. The SMILES string of the molecule is O=C(/C=C/c1cccs1)NNC(=O)Nc1ccccc1. The molecule has 0 aliphatic heterocycles. The molecule has 0 unspecified atom stereocenters. The van der Waals surface area contributed by atoms with Crippen LogP contribution in [0.2, 0.25) is 0 Å². The zero-order valence-electron chi connectivity index (χ0n) is 10.5. The Morgan fingerprint density at radius 1 is 1.00 bits per heavy atom. The zero-order valence-corrected chi connectivity index (χ0v) is 11.3. The lowest BCUT2D eigenvalue weighted by atomic mass is 10.3. The first-order chi connectivity index (χ1) is 9.74. The van der Waals surface area contributed by atoms with Crippen molar-refractivity contribution in [2.24, 2.45) is 0 Å². The van der Waals surface area contributed by atoms with E-state index in [-0.39, 0.29) is 0 Å². The summed E-state index contributed by atoms with van der Waals surface area (Å²) in [4.78, 5) is 23.9. The quantitative estimate of drug-likeness (QED) is 0.600. The van der Waals surface area contributed by atoms with Crippen LogP contribution in [0.25, 0.3) is 6.08 Å². The number of para-hydroxylation sites is 1. The van der Waals surface area contributed by atoms with Gasteiger partial charge in [0.15, 0.2) is 0 Å². The van der Waals surface area contributed by atoms with Crippen molar-refractivity contribution in [3.63, 3.8) is 0 Å². The molecular weight excluding hydrogens is 274 g/mol. The molecule has 3 amide bonds. The number of nitrogens with one attached hydrogen (secondary N) is 3. The first-order valence-electron chi connectivity index (χ1n) is 5.87. The second kappa shape index (κ2) is 7.10. The predicted octanol–water partition coefficient (Wildman–Crippen LogP) is 2.61. The molecule has 102 valence electrons. The summed E-state index contributed by atoms with van der Waals surface area (Å²) in [7, 11) is 0. The lowest BCUT2D eigenvalue weighted by Crippen LogP contribution is -2.43. The van der Waals surface area contributed by atoms with Crippen molar-refractivity contribution >= 4 is 35.0 Å². The summed E-state index contributed by atoms with van der Waals surface area (Å²) in [6.07, 6.45) is 3.03. The van der Waals surface area contributed by atoms with Gasteiger partial charge in [-0.1, -0.05) is 24.3 Å². The van der Waals surface area contributed by atoms with E-state index < -0.39 is 11.9 Å². The standard InChI is InChI=1S/C14H13N3O2S/c18-13(9-8-12-7-4-10-20-12)16-17-14(19)15-11-5-2-1-3-6-11/h1-10H,(H,16,18)(H2,15,17,19)/b9-8+. The summed E-state index contributed by atoms with van der Waals surface area (Å²) in [6, 6.07) is 12.2. The van der Waals surface area contributed by atoms with Gasteiger partial charge in [0.2, 0.25) is 0 Å². The van der Waals surface area contributed by atoms with Gasteiger partial charge in [-0.05, 0) is 29.7 Å². The fraction of sp³-hybridized carbons (Fsp3) is 0. The van der Waals surface area contributed by atoms with Crippen molar-refractivity contribution in [3.8, 4) is 0 Å². The molecule has 0 aliphatic carbocycles. The number of anilines is 1. The fourth-order valence-electron chi connectivity index (χ4n) is 1.39. The molecule has 0 saturated carbocycles. The highest BCUT2D eigenvalue weighted by molar-refractivity contribution is 7.10. The minimum absolute atomic E-state index is 0.401. The van der Waals surface area contributed by atoms with Crippen LogP contribution in [-0.2, 0) is 4.79 Å². The van der Waals surface area contributed by atoms with Gasteiger partial charge in [0, 0.05) is 16.6 Å². The Labute approximate surface area is 120 Å². The molecule has 1 aromatic carbocycles. The number of carbonyl (C=O) groups excluding carboxylic acids is 2. The van der Waals surface area contributed by atoms with Crippen molar-refractivity contribution < 1.29 is 9.59 Å². The molecule has 0 aliphatic rings. The average molecular weight is 287 g/mol. The fourth-order valence-corrected chi connectivity index (χ4v) is 2.01. The monoisotopic (exact) mass is 287 g/mol. The molecule has 0 fully saturated rings. The van der Waals surface area contributed by atoms with Crippen LogP contribution in [0.5, 0.6) is 0 Å². The molecule has 0 saturated heterocycles. The molecule has 0 spiro atoms. The van der Waals surface area contributed by atoms with Gasteiger partial charge in [0.05, 0.1) is 0 Å². The highest BCUT2D eigenvalue weighted by Gasteiger charge is 2.01. The van der Waals surface area contributed by atoms with E-state index in [9.17, 15) is 9.59 Å². The van der Waals surface area contributed by atoms with Gasteiger partial charge in [0.25, 0.3) is 5.91 Å². The van der Waals surface area contributed by atoms with Gasteiger partial charge < -0.3 is 5.32 Å². The molecule has 6 heteroatoms. The Morgan fingerprint density at radius 3 is 2.50 bits per heavy atom. The van der Waals surface area contributed by atoms with Gasteiger partial charge >= 0.3 is 6.03 Å². The van der Waals surface area contributed by atoms with Crippen LogP contribution in [-0.4, -0.2) is 11.9 Å². The van der Waals surface area contributed by atoms with Gasteiger partial charge in [-0.25, -0.2) is 10.2 Å². The summed E-state index contributed by atoms with van der Waals surface area (Å²) in [6.45, 7) is 0. The summed E-state index contributed by atoms with van der Waals surface area (Å²) in [5.74, 6) is -0.401. The van der Waals surface area contributed by atoms with E-state index in [1.807, 2.05) is 23.6 Å². The molecule has 2 rings (SSSR count). The maximum absolute atomic E-state index is 11.5. The van der Waals surface area contributed by atoms with E-state index in [1.54, 1.807) is 30.3 Å². The lowest BCUT2D eigenvalue weighted by Gasteiger charge is -2.07. The van der Waals surface area contributed by atoms with Crippen molar-refractivity contribution in [1.82, 2.24) is 10.9 Å². The molecule has 5 nitrogen and oxygen atoms in total. The van der Waals surface area contributed by atoms with Gasteiger partial charge in [0.1, 0.15) is 0 Å². The largest absolute Gasteiger partial charge is 0.337 e. The number of hydrazine groups is 1. The molecule has 20 heavy (non-hydrogen) atoms. The number of carbonyl (C=O) groups is 2. The molecular formula is C14H13N3O2S. The van der Waals surface area contributed by atoms with E-state index in [1.165, 1.54) is 17.4 Å². The first-order valence-corrected chi connectivity index (χ1v) is 6.75. The number of urea groups is 1. The van der Waals surface area contributed by atoms with Crippen molar-refractivity contribution in [2.45, 2.75) is 0 Å². The van der Waals surface area contributed by atoms with Crippen LogP contribution in [0.3, 0.4) is 0 Å². The Morgan fingerprint density at radius 2 is 1.80 bits per heavy atom. The minimum Gasteiger partial charge on any atom is -0.307 e. The van der Waals surface area contributed by atoms with Crippen molar-refractivity contribution in [1.29, 1.82) is 0 Å². The van der Waals surface area contributed by atoms with Crippen molar-refractivity contribution in [2.75, 3.05) is 5.32 Å². The van der Waals surface area contributed by atoms with Gasteiger partial charge in [-0.15, -0.1) is 11.3 Å². The van der Waals surface area contributed by atoms with Gasteiger partial charge in [-0.2, -0.15) is 0 Å². The summed E-state index contributed by atoms with van der Waals surface area (Å²) in [5.41, 5.74) is 5.19. The number of amides is 3. The topological polar surface area (TPSA) is 70.2 Å². The molecule has 0 atom stereocenters. The Balaban J connectivity index is 1.74. The Hall–Kier alpha value is -2.60. The number of hydrogen-bond donors (Lipinski definition) is 3. The third-order valence-electron chi connectivity index (χ3n) is 2.27. The molecule has 0 radical (unpaired) electrons. The number of hydrogen-bond acceptors (Lipinski definition) is 3. The van der Waals surface area contributed by atoms with E-state index in [0.29, 0.717) is 5.69 Å². The first kappa shape index (κ1) is 13.8. The normalized spacial score (nSPS) is 10.2. The van der Waals surface area contributed by atoms with Crippen LogP contribution in [0.4, 0.5) is 10.5 Å². The van der Waals surface area contributed by atoms with E-state index in [0.717, 1.165) is 4.88 Å². The molecule has 1 heterocycles. The molecule has 2 aromatic rings. The average Bonchev–Trinajstić information content (AvgIpc) is 2.97. The number of rotatable bonds is 3. The maximum Gasteiger partial charge on any atom is 0.337 e. The second-order valence-electron chi connectivity index (χ2n) is 3.78. The van der Waals surface area contributed by atoms with Crippen LogP contribution >= 0.6 is 11.3 Å². The predicted molar refractivity (Wildman–Crippen MR) is 80.1 cm³/mol. The maximum atomic E-state index is 11.5. The molecule has 3 N–H and O–H groups in total. The number of benzene rings is 1.